The highest BCUT2D eigenvalue weighted by Crippen LogP contribution is 1.96. The van der Waals surface area contributed by atoms with E-state index in [4.69, 9.17) is 0 Å². The number of allylic oxidation sites excluding steroid dienone is 1. The second-order valence-electron chi connectivity index (χ2n) is 2.83. The molecule has 1 rings (SSSR count). The molecule has 0 bridgehead atoms. The van der Waals surface area contributed by atoms with E-state index in [0.717, 1.165) is 5.56 Å². The molecule has 0 aliphatic heterocycles. The van der Waals surface area contributed by atoms with E-state index in [0.29, 0.717) is 5.57 Å². The maximum Gasteiger partial charge on any atom is 0.419 e. The summed E-state index contributed by atoms with van der Waals surface area (Å²) < 4.78 is 1.50. The third kappa shape index (κ3) is 2.82. The summed E-state index contributed by atoms with van der Waals surface area (Å²) in [6, 6.07) is 3.65. The quantitative estimate of drug-likeness (QED) is 0.445. The fourth-order valence-electron chi connectivity index (χ4n) is 0.930. The molecule has 0 saturated heterocycles. The van der Waals surface area contributed by atoms with Crippen molar-refractivity contribution in [3.63, 3.8) is 0 Å². The van der Waals surface area contributed by atoms with Gasteiger partial charge in [0, 0.05) is 12.1 Å². The van der Waals surface area contributed by atoms with Gasteiger partial charge < -0.3 is 12.4 Å². The average Bonchev–Trinajstić information content (AvgIpc) is 2.17. The Hall–Kier alpha value is -1.41. The number of pyridine rings is 1. The van der Waals surface area contributed by atoms with Gasteiger partial charge in [-0.2, -0.15) is 0 Å². The summed E-state index contributed by atoms with van der Waals surface area (Å²) in [5, 5.41) is 0. The number of aromatic nitrogens is 1. The number of hydrogen-bond donors (Lipinski definition) is 0. The van der Waals surface area contributed by atoms with Gasteiger partial charge in [0.2, 0.25) is 0 Å². The zero-order valence-corrected chi connectivity index (χ0v) is 8.79. The van der Waals surface area contributed by atoms with Crippen molar-refractivity contribution >= 4 is 12.0 Å². The van der Waals surface area contributed by atoms with Crippen molar-refractivity contribution in [3.05, 3.63) is 48.8 Å². The van der Waals surface area contributed by atoms with Gasteiger partial charge in [-0.3, -0.25) is 0 Å². The molecule has 0 spiro atoms. The molecule has 0 amide bonds. The molecule has 0 fully saturated rings. The fraction of sp³-hybridized carbons (Fsp3) is 0.0909. The highest BCUT2D eigenvalue weighted by Gasteiger charge is 2.13. The Balaban J connectivity index is 0.00000169. The smallest absolute Gasteiger partial charge is 0.419 e. The lowest BCUT2D eigenvalue weighted by molar-refractivity contribution is -0.570. The van der Waals surface area contributed by atoms with Crippen LogP contribution in [0.25, 0.3) is 6.08 Å². The Morgan fingerprint density at radius 2 is 1.93 bits per heavy atom. The summed E-state index contributed by atoms with van der Waals surface area (Å²) in [6.45, 7) is 8.90. The molecule has 1 heterocycles. The topological polar surface area (TPSA) is 20.9 Å². The van der Waals surface area contributed by atoms with Crippen LogP contribution in [0.15, 0.2) is 43.3 Å². The summed E-state index contributed by atoms with van der Waals surface area (Å²) in [7, 11) is 0. The Kier molecular flexibility index (Phi) is 4.81. The Morgan fingerprint density at radius 3 is 2.29 bits per heavy atom. The third-order valence-electron chi connectivity index (χ3n) is 1.69. The predicted octanol–water partition coefficient (Wildman–Crippen LogP) is -1.16. The summed E-state index contributed by atoms with van der Waals surface area (Å²) >= 11 is 0. The van der Waals surface area contributed by atoms with Gasteiger partial charge >= 0.3 is 5.91 Å². The first-order valence-corrected chi connectivity index (χ1v) is 3.99. The van der Waals surface area contributed by atoms with Gasteiger partial charge in [0.25, 0.3) is 0 Å². The molecule has 0 radical (unpaired) electrons. The average molecular weight is 210 g/mol. The van der Waals surface area contributed by atoms with Crippen LogP contribution >= 0.6 is 0 Å². The molecule has 0 N–H and O–H groups in total. The van der Waals surface area contributed by atoms with Crippen LogP contribution in [0.1, 0.15) is 17.3 Å². The molecule has 0 aromatic carbocycles. The first-order valence-electron chi connectivity index (χ1n) is 3.99. The van der Waals surface area contributed by atoms with Gasteiger partial charge in [-0.1, -0.05) is 19.2 Å². The van der Waals surface area contributed by atoms with Crippen LogP contribution in [0.2, 0.25) is 0 Å². The van der Waals surface area contributed by atoms with E-state index >= 15 is 0 Å². The lowest BCUT2D eigenvalue weighted by Gasteiger charge is -1.93. The van der Waals surface area contributed by atoms with Crippen LogP contribution in [-0.2, 0) is 0 Å². The zero-order chi connectivity index (χ0) is 9.84. The normalized spacial score (nSPS) is 8.64. The molecule has 1 aromatic heterocycles. The van der Waals surface area contributed by atoms with E-state index in [1.54, 1.807) is 25.4 Å². The van der Waals surface area contributed by atoms with Gasteiger partial charge in [-0.25, -0.2) is 4.79 Å². The zero-order valence-electron chi connectivity index (χ0n) is 8.03. The number of halogens is 1. The van der Waals surface area contributed by atoms with Crippen LogP contribution < -0.4 is 17.0 Å². The van der Waals surface area contributed by atoms with E-state index in [-0.39, 0.29) is 18.3 Å². The SMILES string of the molecule is C=Cc1cc[n+](C(=O)C(=C)C)cc1.[Cl-]. The van der Waals surface area contributed by atoms with Crippen LogP contribution in [0.3, 0.4) is 0 Å². The van der Waals surface area contributed by atoms with E-state index in [2.05, 4.69) is 13.2 Å². The second-order valence-corrected chi connectivity index (χ2v) is 2.83. The lowest BCUT2D eigenvalue weighted by atomic mass is 10.2. The Morgan fingerprint density at radius 1 is 1.43 bits per heavy atom. The minimum absolute atomic E-state index is 0. The predicted molar refractivity (Wildman–Crippen MR) is 52.2 cm³/mol. The minimum Gasteiger partial charge on any atom is -1.00 e. The van der Waals surface area contributed by atoms with Crippen molar-refractivity contribution < 1.29 is 21.8 Å². The Bertz CT molecular complexity index is 354. The maximum atomic E-state index is 11.4. The van der Waals surface area contributed by atoms with Crippen LogP contribution in [0, 0.1) is 0 Å². The standard InChI is InChI=1S/C11H12NO.ClH/c1-4-10-5-7-12(8-6-10)11(13)9(2)3;/h4-8H,1-2H2,3H3;1H/q+1;/p-1. The summed E-state index contributed by atoms with van der Waals surface area (Å²) in [5.74, 6) is -0.0874. The monoisotopic (exact) mass is 209 g/mol. The summed E-state index contributed by atoms with van der Waals surface area (Å²) in [5.41, 5.74) is 1.52. The molecule has 2 nitrogen and oxygen atoms in total. The van der Waals surface area contributed by atoms with Crippen molar-refractivity contribution in [1.29, 1.82) is 0 Å². The van der Waals surface area contributed by atoms with Gasteiger partial charge in [0.05, 0.1) is 5.57 Å². The molecule has 1 aromatic rings. The summed E-state index contributed by atoms with van der Waals surface area (Å²) in [6.07, 6.45) is 5.14. The minimum atomic E-state index is -0.0874. The molecule has 0 atom stereocenters. The highest BCUT2D eigenvalue weighted by atomic mass is 35.5. The maximum absolute atomic E-state index is 11.4. The molecule has 74 valence electrons. The number of carbonyl (C=O) groups excluding carboxylic acids is 1. The second kappa shape index (κ2) is 5.35. The molecular weight excluding hydrogens is 198 g/mol. The molecule has 14 heavy (non-hydrogen) atoms. The van der Waals surface area contributed by atoms with Gasteiger partial charge in [0.1, 0.15) is 0 Å². The van der Waals surface area contributed by atoms with Crippen molar-refractivity contribution in [2.24, 2.45) is 0 Å². The summed E-state index contributed by atoms with van der Waals surface area (Å²) in [4.78, 5) is 11.4. The van der Waals surface area contributed by atoms with Crippen LogP contribution in [-0.4, -0.2) is 5.91 Å². The molecule has 0 unspecified atom stereocenters. The molecular formula is C11H12ClNO. The lowest BCUT2D eigenvalue weighted by Crippen LogP contribution is -3.00. The van der Waals surface area contributed by atoms with Crippen molar-refractivity contribution in [2.75, 3.05) is 0 Å². The third-order valence-corrected chi connectivity index (χ3v) is 1.69. The first-order chi connectivity index (χ1) is 6.15. The van der Waals surface area contributed by atoms with E-state index < -0.39 is 0 Å². The number of rotatable bonds is 2. The first kappa shape index (κ1) is 12.6. The van der Waals surface area contributed by atoms with Crippen LogP contribution in [0.5, 0.6) is 0 Å². The highest BCUT2D eigenvalue weighted by molar-refractivity contribution is 5.84. The number of hydrogen-bond acceptors (Lipinski definition) is 1. The van der Waals surface area contributed by atoms with E-state index in [1.165, 1.54) is 4.57 Å². The van der Waals surface area contributed by atoms with Crippen LogP contribution in [0.4, 0.5) is 0 Å². The van der Waals surface area contributed by atoms with Crippen molar-refractivity contribution in [1.82, 2.24) is 0 Å². The van der Waals surface area contributed by atoms with Gasteiger partial charge in [-0.15, -0.1) is 4.57 Å². The molecule has 0 aliphatic carbocycles. The molecule has 0 aliphatic rings. The molecule has 3 heteroatoms. The van der Waals surface area contributed by atoms with Crippen molar-refractivity contribution in [3.8, 4) is 0 Å². The number of nitrogens with zero attached hydrogens (tertiary/aromatic N) is 1. The Labute approximate surface area is 90.0 Å². The van der Waals surface area contributed by atoms with Crippen molar-refractivity contribution in [2.45, 2.75) is 6.92 Å². The molecule has 0 saturated carbocycles. The van der Waals surface area contributed by atoms with E-state index in [9.17, 15) is 4.79 Å². The van der Waals surface area contributed by atoms with E-state index in [1.807, 2.05) is 12.1 Å². The largest absolute Gasteiger partial charge is 1.00 e. The van der Waals surface area contributed by atoms with Gasteiger partial charge in [-0.05, 0) is 12.5 Å². The van der Waals surface area contributed by atoms with Gasteiger partial charge in [0.15, 0.2) is 12.4 Å². The number of carbonyl (C=O) groups is 1. The fourth-order valence-corrected chi connectivity index (χ4v) is 0.930.